The highest BCUT2D eigenvalue weighted by atomic mass is 79.9. The molecule has 3 N–H and O–H groups in total. The summed E-state index contributed by atoms with van der Waals surface area (Å²) in [5.41, 5.74) is 2.94. The normalized spacial score (nSPS) is 14.3. The molecule has 19 heavy (non-hydrogen) atoms. The summed E-state index contributed by atoms with van der Waals surface area (Å²) >= 11 is 3.32. The number of amides is 1. The summed E-state index contributed by atoms with van der Waals surface area (Å²) in [5, 5.41) is 0. The van der Waals surface area contributed by atoms with Crippen LogP contribution in [0.5, 0.6) is 0 Å². The van der Waals surface area contributed by atoms with Crippen LogP contribution in [-0.2, 0) is 4.74 Å². The van der Waals surface area contributed by atoms with E-state index < -0.39 is 0 Å². The summed E-state index contributed by atoms with van der Waals surface area (Å²) in [6.07, 6.45) is 3.69. The molecule has 0 atom stereocenters. The highest BCUT2D eigenvalue weighted by Crippen LogP contribution is 2.29. The molecule has 0 spiro atoms. The fourth-order valence-corrected chi connectivity index (χ4v) is 2.23. The lowest BCUT2D eigenvalue weighted by Gasteiger charge is -2.23. The van der Waals surface area contributed by atoms with Crippen LogP contribution in [0.1, 0.15) is 23.2 Å². The van der Waals surface area contributed by atoms with E-state index in [1.807, 2.05) is 4.90 Å². The first-order valence-electron chi connectivity index (χ1n) is 6.09. The SMILES string of the molecule is COCCN(C(=O)c1cc(Br)cnc1NN)C1CC1. The van der Waals surface area contributed by atoms with Gasteiger partial charge in [-0.05, 0) is 34.8 Å². The van der Waals surface area contributed by atoms with Crippen LogP contribution in [0.15, 0.2) is 16.7 Å². The Bertz CT molecular complexity index is 465. The van der Waals surface area contributed by atoms with Gasteiger partial charge in [0.2, 0.25) is 0 Å². The number of nitrogen functional groups attached to an aromatic ring is 1. The van der Waals surface area contributed by atoms with Gasteiger partial charge in [0.1, 0.15) is 0 Å². The third-order valence-electron chi connectivity index (χ3n) is 3.01. The molecular formula is C12H17BrN4O2. The number of anilines is 1. The Labute approximate surface area is 120 Å². The lowest BCUT2D eigenvalue weighted by Crippen LogP contribution is -2.36. The second-order valence-electron chi connectivity index (χ2n) is 4.42. The lowest BCUT2D eigenvalue weighted by atomic mass is 10.2. The van der Waals surface area contributed by atoms with Gasteiger partial charge >= 0.3 is 0 Å². The summed E-state index contributed by atoms with van der Waals surface area (Å²) in [6.45, 7) is 1.10. The minimum atomic E-state index is -0.0682. The zero-order chi connectivity index (χ0) is 13.8. The van der Waals surface area contributed by atoms with E-state index >= 15 is 0 Å². The number of hydrazine groups is 1. The maximum absolute atomic E-state index is 12.6. The monoisotopic (exact) mass is 328 g/mol. The molecule has 6 nitrogen and oxygen atoms in total. The number of aromatic nitrogens is 1. The van der Waals surface area contributed by atoms with E-state index in [-0.39, 0.29) is 5.91 Å². The minimum Gasteiger partial charge on any atom is -0.383 e. The average Bonchev–Trinajstić information content (AvgIpc) is 3.23. The van der Waals surface area contributed by atoms with Crippen LogP contribution in [0, 0.1) is 0 Å². The smallest absolute Gasteiger partial charge is 0.258 e. The van der Waals surface area contributed by atoms with Gasteiger partial charge in [-0.15, -0.1) is 0 Å². The second-order valence-corrected chi connectivity index (χ2v) is 5.33. The molecule has 7 heteroatoms. The maximum atomic E-state index is 12.6. The van der Waals surface area contributed by atoms with Crippen LogP contribution in [0.3, 0.4) is 0 Å². The number of hydrogen-bond acceptors (Lipinski definition) is 5. The Balaban J connectivity index is 2.22. The molecule has 1 aromatic rings. The molecule has 1 saturated carbocycles. The molecule has 1 heterocycles. The van der Waals surface area contributed by atoms with Crippen molar-refractivity contribution in [2.24, 2.45) is 5.84 Å². The minimum absolute atomic E-state index is 0.0682. The molecule has 1 fully saturated rings. The van der Waals surface area contributed by atoms with Crippen molar-refractivity contribution >= 4 is 27.7 Å². The number of ether oxygens (including phenoxy) is 1. The fraction of sp³-hybridized carbons (Fsp3) is 0.500. The average molecular weight is 329 g/mol. The highest BCUT2D eigenvalue weighted by molar-refractivity contribution is 9.10. The largest absolute Gasteiger partial charge is 0.383 e. The number of nitrogens with one attached hydrogen (secondary N) is 1. The number of halogens is 1. The van der Waals surface area contributed by atoms with E-state index in [0.29, 0.717) is 30.6 Å². The van der Waals surface area contributed by atoms with Crippen molar-refractivity contribution in [1.82, 2.24) is 9.88 Å². The van der Waals surface area contributed by atoms with Gasteiger partial charge in [-0.3, -0.25) is 4.79 Å². The molecule has 0 unspecified atom stereocenters. The molecule has 2 rings (SSSR count). The Morgan fingerprint density at radius 3 is 3.00 bits per heavy atom. The first-order valence-corrected chi connectivity index (χ1v) is 6.88. The van der Waals surface area contributed by atoms with Crippen molar-refractivity contribution in [3.8, 4) is 0 Å². The van der Waals surface area contributed by atoms with Crippen molar-refractivity contribution < 1.29 is 9.53 Å². The Morgan fingerprint density at radius 2 is 2.42 bits per heavy atom. The topological polar surface area (TPSA) is 80.5 Å². The molecule has 1 amide bonds. The number of nitrogens with zero attached hydrogens (tertiary/aromatic N) is 2. The summed E-state index contributed by atoms with van der Waals surface area (Å²) in [7, 11) is 1.63. The quantitative estimate of drug-likeness (QED) is 0.609. The summed E-state index contributed by atoms with van der Waals surface area (Å²) in [4.78, 5) is 18.5. The molecule has 1 aliphatic rings. The van der Waals surface area contributed by atoms with Crippen LogP contribution >= 0.6 is 15.9 Å². The molecule has 1 aromatic heterocycles. The van der Waals surface area contributed by atoms with Crippen LogP contribution in [0.25, 0.3) is 0 Å². The molecule has 0 saturated heterocycles. The van der Waals surface area contributed by atoms with Gasteiger partial charge in [-0.1, -0.05) is 0 Å². The van der Waals surface area contributed by atoms with Crippen molar-refractivity contribution in [1.29, 1.82) is 0 Å². The van der Waals surface area contributed by atoms with Gasteiger partial charge in [-0.2, -0.15) is 0 Å². The first kappa shape index (κ1) is 14.2. The summed E-state index contributed by atoms with van der Waals surface area (Å²) in [6, 6.07) is 2.04. The van der Waals surface area contributed by atoms with Crippen molar-refractivity contribution in [3.63, 3.8) is 0 Å². The molecule has 0 bridgehead atoms. The predicted octanol–water partition coefficient (Wildman–Crippen LogP) is 1.38. The van der Waals surface area contributed by atoms with Crippen molar-refractivity contribution in [2.75, 3.05) is 25.7 Å². The fourth-order valence-electron chi connectivity index (χ4n) is 1.90. The first-order chi connectivity index (χ1) is 9.17. The summed E-state index contributed by atoms with van der Waals surface area (Å²) in [5.74, 6) is 5.72. The standard InChI is InChI=1S/C12H17BrN4O2/c1-19-5-4-17(9-2-3-9)12(18)10-6-8(13)7-15-11(10)16-14/h6-7,9H,2-5,14H2,1H3,(H,15,16). The van der Waals surface area contributed by atoms with E-state index in [4.69, 9.17) is 10.6 Å². The van der Waals surface area contributed by atoms with E-state index in [2.05, 4.69) is 26.3 Å². The zero-order valence-electron chi connectivity index (χ0n) is 10.7. The van der Waals surface area contributed by atoms with Gasteiger partial charge in [-0.25, -0.2) is 10.8 Å². The third-order valence-corrected chi connectivity index (χ3v) is 3.44. The molecule has 0 radical (unpaired) electrons. The van der Waals surface area contributed by atoms with Gasteiger partial charge in [0.25, 0.3) is 5.91 Å². The molecule has 1 aliphatic carbocycles. The predicted molar refractivity (Wildman–Crippen MR) is 75.7 cm³/mol. The Morgan fingerprint density at radius 1 is 1.68 bits per heavy atom. The number of nitrogens with two attached hydrogens (primary N) is 1. The lowest BCUT2D eigenvalue weighted by molar-refractivity contribution is 0.0680. The van der Waals surface area contributed by atoms with E-state index in [1.54, 1.807) is 19.4 Å². The third kappa shape index (κ3) is 3.43. The highest BCUT2D eigenvalue weighted by Gasteiger charge is 2.33. The number of pyridine rings is 1. The molecular weight excluding hydrogens is 312 g/mol. The second kappa shape index (κ2) is 6.31. The zero-order valence-corrected chi connectivity index (χ0v) is 12.3. The van der Waals surface area contributed by atoms with Crippen LogP contribution in [-0.4, -0.2) is 42.1 Å². The van der Waals surface area contributed by atoms with Gasteiger partial charge in [0, 0.05) is 30.4 Å². The number of hydrogen-bond donors (Lipinski definition) is 2. The van der Waals surface area contributed by atoms with E-state index in [1.165, 1.54) is 0 Å². The van der Waals surface area contributed by atoms with Gasteiger partial charge in [0.05, 0.1) is 12.2 Å². The van der Waals surface area contributed by atoms with E-state index in [9.17, 15) is 4.79 Å². The number of methoxy groups -OCH3 is 1. The van der Waals surface area contributed by atoms with Gasteiger partial charge < -0.3 is 15.1 Å². The Kier molecular flexibility index (Phi) is 4.73. The Hall–Kier alpha value is -1.18. The van der Waals surface area contributed by atoms with Crippen LogP contribution < -0.4 is 11.3 Å². The van der Waals surface area contributed by atoms with E-state index in [0.717, 1.165) is 17.3 Å². The number of rotatable bonds is 6. The van der Waals surface area contributed by atoms with Crippen molar-refractivity contribution in [3.05, 3.63) is 22.3 Å². The van der Waals surface area contributed by atoms with Gasteiger partial charge in [0.15, 0.2) is 5.82 Å². The molecule has 104 valence electrons. The van der Waals surface area contributed by atoms with Crippen LogP contribution in [0.4, 0.5) is 5.82 Å². The number of carbonyl (C=O) groups is 1. The maximum Gasteiger partial charge on any atom is 0.258 e. The molecule has 0 aliphatic heterocycles. The van der Waals surface area contributed by atoms with Crippen LogP contribution in [0.2, 0.25) is 0 Å². The number of carbonyl (C=O) groups excluding carboxylic acids is 1. The summed E-state index contributed by atoms with van der Waals surface area (Å²) < 4.78 is 5.81. The molecule has 0 aromatic carbocycles. The van der Waals surface area contributed by atoms with Crippen molar-refractivity contribution in [2.45, 2.75) is 18.9 Å².